The average Bonchev–Trinajstić information content (AvgIpc) is 2.78. The third-order valence-corrected chi connectivity index (χ3v) is 2.86. The van der Waals surface area contributed by atoms with E-state index in [-0.39, 0.29) is 6.61 Å². The van der Waals surface area contributed by atoms with E-state index in [9.17, 15) is 0 Å². The predicted octanol–water partition coefficient (Wildman–Crippen LogP) is 2.42. The van der Waals surface area contributed by atoms with Crippen molar-refractivity contribution in [1.29, 1.82) is 0 Å². The lowest BCUT2D eigenvalue weighted by molar-refractivity contribution is 0.203. The van der Waals surface area contributed by atoms with E-state index >= 15 is 0 Å². The van der Waals surface area contributed by atoms with Crippen molar-refractivity contribution in [3.63, 3.8) is 0 Å². The molecule has 0 aliphatic heterocycles. The number of aromatic nitrogens is 1. The number of likely N-dealkylation sites (N-methyl/N-ethyl adjacent to an activating group) is 1. The van der Waals surface area contributed by atoms with E-state index in [0.29, 0.717) is 18.1 Å². The molecule has 0 atom stereocenters. The first-order valence-corrected chi connectivity index (χ1v) is 6.08. The zero-order chi connectivity index (χ0) is 13.0. The van der Waals surface area contributed by atoms with Gasteiger partial charge in [-0.05, 0) is 19.2 Å². The summed E-state index contributed by atoms with van der Waals surface area (Å²) in [5.74, 6) is 0.774. The Morgan fingerprint density at radius 2 is 2.06 bits per heavy atom. The fourth-order valence-corrected chi connectivity index (χ4v) is 1.79. The van der Waals surface area contributed by atoms with Crippen LogP contribution in [0.15, 0.2) is 34.9 Å². The molecule has 0 fully saturated rings. The first-order chi connectivity index (χ1) is 8.69. The SMILES string of the molecule is CN(CCO)Cc1cc(-c2ccc(Cl)cc2)no1. The Morgan fingerprint density at radius 3 is 2.72 bits per heavy atom. The lowest BCUT2D eigenvalue weighted by Gasteiger charge is -2.11. The van der Waals surface area contributed by atoms with Crippen LogP contribution in [0.25, 0.3) is 11.3 Å². The monoisotopic (exact) mass is 266 g/mol. The number of nitrogens with zero attached hydrogens (tertiary/aromatic N) is 2. The summed E-state index contributed by atoms with van der Waals surface area (Å²) in [6, 6.07) is 9.35. The summed E-state index contributed by atoms with van der Waals surface area (Å²) in [6.45, 7) is 1.37. The number of benzene rings is 1. The molecular formula is C13H15ClN2O2. The molecule has 2 rings (SSSR count). The molecule has 0 unspecified atom stereocenters. The molecule has 96 valence electrons. The van der Waals surface area contributed by atoms with Crippen LogP contribution in [0.1, 0.15) is 5.76 Å². The van der Waals surface area contributed by atoms with Crippen LogP contribution in [0.5, 0.6) is 0 Å². The van der Waals surface area contributed by atoms with Crippen LogP contribution in [-0.2, 0) is 6.54 Å². The van der Waals surface area contributed by atoms with E-state index in [1.165, 1.54) is 0 Å². The van der Waals surface area contributed by atoms with Gasteiger partial charge in [-0.25, -0.2) is 0 Å². The maximum absolute atomic E-state index is 8.82. The Bertz CT molecular complexity index is 496. The van der Waals surface area contributed by atoms with Crippen molar-refractivity contribution in [3.05, 3.63) is 41.1 Å². The van der Waals surface area contributed by atoms with Gasteiger partial charge in [0.25, 0.3) is 0 Å². The normalized spacial score (nSPS) is 11.1. The van der Waals surface area contributed by atoms with Gasteiger partial charge in [0, 0.05) is 23.2 Å². The summed E-state index contributed by atoms with van der Waals surface area (Å²) < 4.78 is 5.26. The van der Waals surface area contributed by atoms with Crippen molar-refractivity contribution >= 4 is 11.6 Å². The molecule has 1 aromatic heterocycles. The summed E-state index contributed by atoms with van der Waals surface area (Å²) >= 11 is 5.83. The Hall–Kier alpha value is -1.36. The van der Waals surface area contributed by atoms with Crippen molar-refractivity contribution in [1.82, 2.24) is 10.1 Å². The van der Waals surface area contributed by atoms with E-state index in [4.69, 9.17) is 21.2 Å². The first-order valence-electron chi connectivity index (χ1n) is 5.70. The summed E-state index contributed by atoms with van der Waals surface area (Å²) in [5.41, 5.74) is 1.76. The smallest absolute Gasteiger partial charge is 0.151 e. The van der Waals surface area contributed by atoms with Gasteiger partial charge in [-0.2, -0.15) is 0 Å². The quantitative estimate of drug-likeness (QED) is 0.903. The van der Waals surface area contributed by atoms with Gasteiger partial charge < -0.3 is 9.63 Å². The Kier molecular flexibility index (Phi) is 4.36. The molecule has 0 aliphatic carbocycles. The van der Waals surface area contributed by atoms with E-state index in [1.807, 2.05) is 42.3 Å². The minimum absolute atomic E-state index is 0.134. The molecule has 0 bridgehead atoms. The number of halogens is 1. The van der Waals surface area contributed by atoms with Gasteiger partial charge in [0.1, 0.15) is 5.69 Å². The van der Waals surface area contributed by atoms with Crippen LogP contribution in [0.3, 0.4) is 0 Å². The standard InChI is InChI=1S/C13H15ClN2O2/c1-16(6-7-17)9-12-8-13(15-18-12)10-2-4-11(14)5-3-10/h2-5,8,17H,6-7,9H2,1H3. The molecule has 1 aromatic carbocycles. The summed E-state index contributed by atoms with van der Waals surface area (Å²) in [7, 11) is 1.92. The molecule has 0 aliphatic rings. The third kappa shape index (κ3) is 3.32. The van der Waals surface area contributed by atoms with Gasteiger partial charge in [0.15, 0.2) is 5.76 Å². The maximum atomic E-state index is 8.82. The highest BCUT2D eigenvalue weighted by Crippen LogP contribution is 2.21. The minimum atomic E-state index is 0.134. The van der Waals surface area contributed by atoms with Crippen LogP contribution < -0.4 is 0 Å². The number of hydrogen-bond acceptors (Lipinski definition) is 4. The molecule has 1 heterocycles. The number of aliphatic hydroxyl groups is 1. The van der Waals surface area contributed by atoms with Gasteiger partial charge in [0.05, 0.1) is 13.2 Å². The van der Waals surface area contributed by atoms with Gasteiger partial charge >= 0.3 is 0 Å². The highest BCUT2D eigenvalue weighted by molar-refractivity contribution is 6.30. The fourth-order valence-electron chi connectivity index (χ4n) is 1.66. The Morgan fingerprint density at radius 1 is 1.33 bits per heavy atom. The molecule has 0 spiro atoms. The van der Waals surface area contributed by atoms with Gasteiger partial charge in [-0.15, -0.1) is 0 Å². The first kappa shape index (κ1) is 13.1. The second-order valence-corrected chi connectivity index (χ2v) is 4.58. The van der Waals surface area contributed by atoms with Crippen LogP contribution in [0.2, 0.25) is 5.02 Å². The van der Waals surface area contributed by atoms with E-state index < -0.39 is 0 Å². The maximum Gasteiger partial charge on any atom is 0.151 e. The molecule has 18 heavy (non-hydrogen) atoms. The van der Waals surface area contributed by atoms with E-state index in [1.54, 1.807) is 0 Å². The summed E-state index contributed by atoms with van der Waals surface area (Å²) in [5, 5.41) is 13.5. The topological polar surface area (TPSA) is 49.5 Å². The highest BCUT2D eigenvalue weighted by Gasteiger charge is 2.08. The van der Waals surface area contributed by atoms with Crippen molar-refractivity contribution in [3.8, 4) is 11.3 Å². The zero-order valence-corrected chi connectivity index (χ0v) is 10.9. The Balaban J connectivity index is 2.08. The van der Waals surface area contributed by atoms with Crippen molar-refractivity contribution in [2.75, 3.05) is 20.2 Å². The predicted molar refractivity (Wildman–Crippen MR) is 70.4 cm³/mol. The second kappa shape index (κ2) is 6.00. The lowest BCUT2D eigenvalue weighted by atomic mass is 10.1. The van der Waals surface area contributed by atoms with Crippen molar-refractivity contribution in [2.24, 2.45) is 0 Å². The van der Waals surface area contributed by atoms with Crippen LogP contribution in [-0.4, -0.2) is 35.4 Å². The molecule has 0 saturated heterocycles. The number of hydrogen-bond donors (Lipinski definition) is 1. The van der Waals surface area contributed by atoms with Gasteiger partial charge in [0.2, 0.25) is 0 Å². The van der Waals surface area contributed by atoms with E-state index in [2.05, 4.69) is 5.16 Å². The van der Waals surface area contributed by atoms with Crippen LogP contribution >= 0.6 is 11.6 Å². The van der Waals surface area contributed by atoms with Gasteiger partial charge in [-0.3, -0.25) is 4.90 Å². The third-order valence-electron chi connectivity index (χ3n) is 2.61. The lowest BCUT2D eigenvalue weighted by Crippen LogP contribution is -2.21. The molecule has 2 aromatic rings. The zero-order valence-electron chi connectivity index (χ0n) is 10.1. The van der Waals surface area contributed by atoms with Crippen molar-refractivity contribution < 1.29 is 9.63 Å². The molecular weight excluding hydrogens is 252 g/mol. The molecule has 0 radical (unpaired) electrons. The van der Waals surface area contributed by atoms with Crippen molar-refractivity contribution in [2.45, 2.75) is 6.54 Å². The Labute approximate surface area is 111 Å². The van der Waals surface area contributed by atoms with Gasteiger partial charge in [-0.1, -0.05) is 28.9 Å². The molecule has 0 saturated carbocycles. The number of aliphatic hydroxyl groups excluding tert-OH is 1. The average molecular weight is 267 g/mol. The van der Waals surface area contributed by atoms with E-state index in [0.717, 1.165) is 17.0 Å². The largest absolute Gasteiger partial charge is 0.395 e. The fraction of sp³-hybridized carbons (Fsp3) is 0.308. The minimum Gasteiger partial charge on any atom is -0.395 e. The number of rotatable bonds is 5. The highest BCUT2D eigenvalue weighted by atomic mass is 35.5. The van der Waals surface area contributed by atoms with Crippen LogP contribution in [0.4, 0.5) is 0 Å². The molecule has 1 N–H and O–H groups in total. The summed E-state index contributed by atoms with van der Waals surface area (Å²) in [4.78, 5) is 1.96. The van der Waals surface area contributed by atoms with Crippen LogP contribution in [0, 0.1) is 0 Å². The molecule has 0 amide bonds. The molecule has 4 nitrogen and oxygen atoms in total. The second-order valence-electron chi connectivity index (χ2n) is 4.15. The molecule has 5 heteroatoms. The summed E-state index contributed by atoms with van der Waals surface area (Å²) in [6.07, 6.45) is 0.